The maximum absolute atomic E-state index is 14.1. The fourth-order valence-electron chi connectivity index (χ4n) is 4.60. The minimum Gasteiger partial charge on any atom is -0.492 e. The second-order valence-electron chi connectivity index (χ2n) is 9.00. The molecule has 9 nitrogen and oxygen atoms in total. The standard InChI is InChI=1S/C29H31N3O6S/c1-2-31(15-17-36-24-10-4-3-5-11-24)20-23-18-26-27(38-21-37-26)19-25(23)32(14-16-33)39(34,35)28-12-6-8-22-9-7-13-30-29(22)28/h3-13,18-19,33H,2,14-17,20-21H2,1H3. The lowest BCUT2D eigenvalue weighted by Gasteiger charge is -2.29. The first-order chi connectivity index (χ1) is 19.0. The number of likely N-dealkylation sites (N-methyl/N-ethyl adjacent to an activating group) is 1. The number of aliphatic hydroxyl groups is 1. The molecule has 2 heterocycles. The molecule has 10 heteroatoms. The molecule has 1 aromatic heterocycles. The predicted octanol–water partition coefficient (Wildman–Crippen LogP) is 4.05. The van der Waals surface area contributed by atoms with Gasteiger partial charge in [-0.3, -0.25) is 14.2 Å². The van der Waals surface area contributed by atoms with Gasteiger partial charge in [-0.15, -0.1) is 0 Å². The summed E-state index contributed by atoms with van der Waals surface area (Å²) in [6.07, 6.45) is 1.57. The van der Waals surface area contributed by atoms with E-state index in [1.54, 1.807) is 30.5 Å². The highest BCUT2D eigenvalue weighted by molar-refractivity contribution is 7.93. The first-order valence-corrected chi connectivity index (χ1v) is 14.3. The number of aromatic nitrogens is 1. The Hall–Kier alpha value is -3.86. The smallest absolute Gasteiger partial charge is 0.266 e. The van der Waals surface area contributed by atoms with Gasteiger partial charge in [-0.1, -0.05) is 43.3 Å². The number of benzene rings is 3. The van der Waals surface area contributed by atoms with E-state index in [0.29, 0.717) is 54.3 Å². The molecule has 39 heavy (non-hydrogen) atoms. The van der Waals surface area contributed by atoms with Gasteiger partial charge >= 0.3 is 0 Å². The van der Waals surface area contributed by atoms with Crippen LogP contribution in [-0.4, -0.2) is 63.0 Å². The Kier molecular flexibility index (Phi) is 8.16. The van der Waals surface area contributed by atoms with E-state index in [1.807, 2.05) is 55.5 Å². The molecule has 0 unspecified atom stereocenters. The lowest BCUT2D eigenvalue weighted by molar-refractivity contribution is 0.174. The quantitative estimate of drug-likeness (QED) is 0.283. The van der Waals surface area contributed by atoms with Gasteiger partial charge in [0.1, 0.15) is 17.3 Å². The lowest BCUT2D eigenvalue weighted by atomic mass is 10.1. The van der Waals surface area contributed by atoms with Gasteiger partial charge < -0.3 is 19.3 Å². The minimum absolute atomic E-state index is 0.0562. The van der Waals surface area contributed by atoms with Crippen LogP contribution in [0.1, 0.15) is 12.5 Å². The molecular weight excluding hydrogens is 518 g/mol. The number of rotatable bonds is 12. The largest absolute Gasteiger partial charge is 0.492 e. The van der Waals surface area contributed by atoms with Crippen molar-refractivity contribution >= 4 is 26.6 Å². The third-order valence-corrected chi connectivity index (χ3v) is 8.41. The number of hydrogen-bond donors (Lipinski definition) is 1. The molecule has 0 radical (unpaired) electrons. The van der Waals surface area contributed by atoms with E-state index < -0.39 is 10.0 Å². The molecule has 0 atom stereocenters. The van der Waals surface area contributed by atoms with Gasteiger partial charge in [-0.2, -0.15) is 0 Å². The fraction of sp³-hybridized carbons (Fsp3) is 0.276. The number of fused-ring (bicyclic) bond motifs is 2. The average Bonchev–Trinajstić information content (AvgIpc) is 3.42. The number of nitrogens with zero attached hydrogens (tertiary/aromatic N) is 3. The SMILES string of the molecule is CCN(CCOc1ccccc1)Cc1cc2c(cc1N(CCO)S(=O)(=O)c1cccc3cccnc13)OCO2. The Bertz CT molecular complexity index is 1530. The Morgan fingerprint density at radius 1 is 0.974 bits per heavy atom. The maximum Gasteiger partial charge on any atom is 0.266 e. The van der Waals surface area contributed by atoms with Gasteiger partial charge in [0.2, 0.25) is 6.79 Å². The zero-order valence-corrected chi connectivity index (χ0v) is 22.5. The summed E-state index contributed by atoms with van der Waals surface area (Å²) < 4.78 is 46.6. The summed E-state index contributed by atoms with van der Waals surface area (Å²) in [5.74, 6) is 1.80. The minimum atomic E-state index is -4.11. The van der Waals surface area contributed by atoms with Crippen LogP contribution in [0.3, 0.4) is 0 Å². The van der Waals surface area contributed by atoms with Crippen molar-refractivity contribution in [3.63, 3.8) is 0 Å². The van der Waals surface area contributed by atoms with E-state index in [-0.39, 0.29) is 24.8 Å². The molecule has 1 N–H and O–H groups in total. The first kappa shape index (κ1) is 26.7. The van der Waals surface area contributed by atoms with Crippen LogP contribution >= 0.6 is 0 Å². The molecule has 4 aromatic rings. The zero-order valence-electron chi connectivity index (χ0n) is 21.7. The highest BCUT2D eigenvalue weighted by Gasteiger charge is 2.31. The fourth-order valence-corrected chi connectivity index (χ4v) is 6.25. The first-order valence-electron chi connectivity index (χ1n) is 12.8. The van der Waals surface area contributed by atoms with E-state index in [9.17, 15) is 13.5 Å². The number of anilines is 1. The molecule has 0 saturated carbocycles. The summed E-state index contributed by atoms with van der Waals surface area (Å²) in [6, 6.07) is 21.7. The average molecular weight is 550 g/mol. The molecule has 5 rings (SSSR count). The van der Waals surface area contributed by atoms with Crippen LogP contribution in [0.15, 0.2) is 83.9 Å². The number of hydrogen-bond acceptors (Lipinski definition) is 8. The van der Waals surface area contributed by atoms with Crippen molar-refractivity contribution in [3.8, 4) is 17.2 Å². The Morgan fingerprint density at radius 3 is 2.51 bits per heavy atom. The van der Waals surface area contributed by atoms with Crippen molar-refractivity contribution in [2.24, 2.45) is 0 Å². The van der Waals surface area contributed by atoms with Crippen molar-refractivity contribution in [2.45, 2.75) is 18.4 Å². The zero-order chi connectivity index (χ0) is 27.2. The second-order valence-corrected chi connectivity index (χ2v) is 10.8. The summed E-state index contributed by atoms with van der Waals surface area (Å²) in [5.41, 5.74) is 1.52. The van der Waals surface area contributed by atoms with Gasteiger partial charge in [-0.05, 0) is 42.4 Å². The van der Waals surface area contributed by atoms with Crippen molar-refractivity contribution in [3.05, 3.63) is 84.6 Å². The third kappa shape index (κ3) is 5.78. The number of sulfonamides is 1. The van der Waals surface area contributed by atoms with Crippen LogP contribution in [0, 0.1) is 0 Å². The van der Waals surface area contributed by atoms with E-state index in [0.717, 1.165) is 11.3 Å². The van der Waals surface area contributed by atoms with Gasteiger partial charge in [-0.25, -0.2) is 8.42 Å². The van der Waals surface area contributed by atoms with E-state index in [2.05, 4.69) is 9.88 Å². The summed E-state index contributed by atoms with van der Waals surface area (Å²) in [7, 11) is -4.11. The molecule has 1 aliphatic heterocycles. The van der Waals surface area contributed by atoms with Gasteiger partial charge in [0, 0.05) is 30.7 Å². The summed E-state index contributed by atoms with van der Waals surface area (Å²) in [5, 5.41) is 10.7. The molecular formula is C29H31N3O6S. The summed E-state index contributed by atoms with van der Waals surface area (Å²) in [4.78, 5) is 6.58. The van der Waals surface area contributed by atoms with E-state index >= 15 is 0 Å². The Labute approximate surface area is 228 Å². The summed E-state index contributed by atoms with van der Waals surface area (Å²) in [6.45, 7) is 3.84. The monoisotopic (exact) mass is 549 g/mol. The molecule has 0 spiro atoms. The van der Waals surface area contributed by atoms with Crippen LogP contribution in [0.5, 0.6) is 17.2 Å². The highest BCUT2D eigenvalue weighted by Crippen LogP contribution is 2.41. The predicted molar refractivity (Wildman–Crippen MR) is 149 cm³/mol. The number of pyridine rings is 1. The molecule has 0 amide bonds. The van der Waals surface area contributed by atoms with Crippen molar-refractivity contribution in [1.29, 1.82) is 0 Å². The van der Waals surface area contributed by atoms with Gasteiger partial charge in [0.05, 0.1) is 24.4 Å². The van der Waals surface area contributed by atoms with Crippen LogP contribution in [0.2, 0.25) is 0 Å². The summed E-state index contributed by atoms with van der Waals surface area (Å²) >= 11 is 0. The van der Waals surface area contributed by atoms with Gasteiger partial charge in [0.15, 0.2) is 11.5 Å². The topological polar surface area (TPSA) is 101 Å². The highest BCUT2D eigenvalue weighted by atomic mass is 32.2. The van der Waals surface area contributed by atoms with Crippen LogP contribution in [0.25, 0.3) is 10.9 Å². The number of para-hydroxylation sites is 2. The molecule has 3 aromatic carbocycles. The molecule has 204 valence electrons. The second kappa shape index (κ2) is 11.9. The van der Waals surface area contributed by atoms with E-state index in [1.165, 1.54) is 4.31 Å². The lowest BCUT2D eigenvalue weighted by Crippen LogP contribution is -2.35. The number of ether oxygens (including phenoxy) is 3. The van der Waals surface area contributed by atoms with Gasteiger partial charge in [0.25, 0.3) is 10.0 Å². The molecule has 0 fully saturated rings. The van der Waals surface area contributed by atoms with Crippen molar-refractivity contribution in [2.75, 3.05) is 43.9 Å². The molecule has 1 aliphatic rings. The maximum atomic E-state index is 14.1. The number of aliphatic hydroxyl groups excluding tert-OH is 1. The third-order valence-electron chi connectivity index (χ3n) is 6.57. The van der Waals surface area contributed by atoms with Crippen LogP contribution in [-0.2, 0) is 16.6 Å². The Morgan fingerprint density at radius 2 is 1.74 bits per heavy atom. The molecule has 0 bridgehead atoms. The molecule has 0 aliphatic carbocycles. The van der Waals surface area contributed by atoms with Crippen LogP contribution < -0.4 is 18.5 Å². The Balaban J connectivity index is 1.49. The normalized spacial score (nSPS) is 12.7. The van der Waals surface area contributed by atoms with Crippen LogP contribution in [0.4, 0.5) is 5.69 Å². The molecule has 0 saturated heterocycles. The van der Waals surface area contributed by atoms with Crippen molar-refractivity contribution in [1.82, 2.24) is 9.88 Å². The van der Waals surface area contributed by atoms with Crippen molar-refractivity contribution < 1.29 is 27.7 Å². The van der Waals surface area contributed by atoms with E-state index in [4.69, 9.17) is 14.2 Å².